The van der Waals surface area contributed by atoms with Crippen molar-refractivity contribution in [1.82, 2.24) is 0 Å². The number of aryl methyl sites for hydroxylation is 2. The van der Waals surface area contributed by atoms with Crippen LogP contribution in [0, 0.1) is 12.7 Å². The molecule has 3 nitrogen and oxygen atoms in total. The highest BCUT2D eigenvalue weighted by molar-refractivity contribution is 7.18. The van der Waals surface area contributed by atoms with Crippen LogP contribution in [0.5, 0.6) is 5.75 Å². The van der Waals surface area contributed by atoms with Gasteiger partial charge in [0, 0.05) is 19.2 Å². The van der Waals surface area contributed by atoms with Crippen LogP contribution in [0.15, 0.2) is 54.4 Å². The molecule has 26 heavy (non-hydrogen) atoms. The van der Waals surface area contributed by atoms with Gasteiger partial charge in [-0.3, -0.25) is 0 Å². The Bertz CT molecular complexity index is 1040. The third-order valence-corrected chi connectivity index (χ3v) is 5.51. The van der Waals surface area contributed by atoms with Gasteiger partial charge in [-0.15, -0.1) is 0 Å². The smallest absolute Gasteiger partial charge is 0.262 e. The molecule has 0 amide bonds. The molecule has 2 aromatic carbocycles. The van der Waals surface area contributed by atoms with Gasteiger partial charge in [0.25, 0.3) is 5.01 Å². The summed E-state index contributed by atoms with van der Waals surface area (Å²) in [6, 6.07) is 11.0. The highest BCUT2D eigenvalue weighted by atomic mass is 35.5. The van der Waals surface area contributed by atoms with Crippen LogP contribution in [0.1, 0.15) is 10.6 Å². The number of thiazole rings is 1. The van der Waals surface area contributed by atoms with Crippen molar-refractivity contribution in [3.05, 3.63) is 70.8 Å². The fraction of sp³-hybridized carbons (Fsp3) is 0.150. The second-order valence-corrected chi connectivity index (χ2v) is 7.17. The van der Waals surface area contributed by atoms with E-state index in [9.17, 15) is 4.39 Å². The lowest BCUT2D eigenvalue weighted by molar-refractivity contribution is -0.642. The highest BCUT2D eigenvalue weighted by Crippen LogP contribution is 2.38. The van der Waals surface area contributed by atoms with Crippen molar-refractivity contribution in [2.24, 2.45) is 7.05 Å². The predicted octanol–water partition coefficient (Wildman–Crippen LogP) is 1.56. The standard InChI is InChI=1S/C20H18FN2OS.ClH/c1-13-7-9-17-15(11-13)22(2)19(24-17)5-4-6-20-23(3)16-12-14(21)8-10-18(16)25-20;/h4-12H,1-3H3;1H/q+1;/p-1. The maximum atomic E-state index is 13.4. The molecule has 0 saturated carbocycles. The van der Waals surface area contributed by atoms with Gasteiger partial charge in [0.05, 0.1) is 5.69 Å². The van der Waals surface area contributed by atoms with Gasteiger partial charge < -0.3 is 22.0 Å². The molecule has 6 heteroatoms. The van der Waals surface area contributed by atoms with Crippen LogP contribution >= 0.6 is 11.3 Å². The second-order valence-electron chi connectivity index (χ2n) is 6.11. The van der Waals surface area contributed by atoms with Crippen molar-refractivity contribution < 1.29 is 26.1 Å². The van der Waals surface area contributed by atoms with E-state index in [0.717, 1.165) is 32.5 Å². The molecule has 0 unspecified atom stereocenters. The van der Waals surface area contributed by atoms with E-state index in [1.807, 2.05) is 60.0 Å². The van der Waals surface area contributed by atoms with Crippen molar-refractivity contribution in [3.8, 4) is 5.75 Å². The molecule has 0 saturated heterocycles. The minimum atomic E-state index is -0.215. The number of halogens is 2. The molecule has 4 rings (SSSR count). The summed E-state index contributed by atoms with van der Waals surface area (Å²) >= 11 is 1.63. The zero-order valence-corrected chi connectivity index (χ0v) is 16.2. The molecule has 1 aliphatic heterocycles. The molecule has 2 heterocycles. The van der Waals surface area contributed by atoms with Crippen molar-refractivity contribution >= 4 is 33.3 Å². The van der Waals surface area contributed by atoms with Crippen LogP contribution in [0.3, 0.4) is 0 Å². The van der Waals surface area contributed by atoms with E-state index in [1.54, 1.807) is 17.4 Å². The molecule has 1 aromatic heterocycles. The van der Waals surface area contributed by atoms with Gasteiger partial charge in [0.15, 0.2) is 11.6 Å². The number of ether oxygens (including phenoxy) is 1. The van der Waals surface area contributed by atoms with E-state index in [4.69, 9.17) is 4.74 Å². The monoisotopic (exact) mass is 388 g/mol. The number of fused-ring (bicyclic) bond motifs is 2. The fourth-order valence-electron chi connectivity index (χ4n) is 2.92. The molecule has 0 aliphatic carbocycles. The summed E-state index contributed by atoms with van der Waals surface area (Å²) in [5, 5.41) is 1.05. The molecule has 0 radical (unpaired) electrons. The van der Waals surface area contributed by atoms with Crippen molar-refractivity contribution in [1.29, 1.82) is 0 Å². The second kappa shape index (κ2) is 7.09. The highest BCUT2D eigenvalue weighted by Gasteiger charge is 2.22. The first kappa shape index (κ1) is 18.4. The van der Waals surface area contributed by atoms with E-state index in [1.165, 1.54) is 11.6 Å². The van der Waals surface area contributed by atoms with Gasteiger partial charge in [-0.2, -0.15) is 4.57 Å². The predicted molar refractivity (Wildman–Crippen MR) is 100 cm³/mol. The number of rotatable bonds is 2. The minimum absolute atomic E-state index is 0. The van der Waals surface area contributed by atoms with Crippen molar-refractivity contribution in [2.75, 3.05) is 11.9 Å². The number of anilines is 1. The lowest BCUT2D eigenvalue weighted by atomic mass is 10.2. The van der Waals surface area contributed by atoms with Crippen LogP contribution in [-0.2, 0) is 7.05 Å². The third-order valence-electron chi connectivity index (χ3n) is 4.33. The molecule has 0 N–H and O–H groups in total. The summed E-state index contributed by atoms with van der Waals surface area (Å²) in [6.07, 6.45) is 5.92. The van der Waals surface area contributed by atoms with Crippen LogP contribution in [-0.4, -0.2) is 7.05 Å². The van der Waals surface area contributed by atoms with Gasteiger partial charge in [0.1, 0.15) is 17.6 Å². The van der Waals surface area contributed by atoms with E-state index < -0.39 is 0 Å². The lowest BCUT2D eigenvalue weighted by Gasteiger charge is -2.10. The maximum Gasteiger partial charge on any atom is 0.262 e. The average molecular weight is 389 g/mol. The molecular weight excluding hydrogens is 371 g/mol. The van der Waals surface area contributed by atoms with Crippen LogP contribution in [0.2, 0.25) is 0 Å². The number of benzene rings is 2. The van der Waals surface area contributed by atoms with E-state index in [2.05, 4.69) is 13.0 Å². The van der Waals surface area contributed by atoms with Gasteiger partial charge in [-0.05, 0) is 48.9 Å². The Kier molecular flexibility index (Phi) is 5.03. The largest absolute Gasteiger partial charge is 1.00 e. The fourth-order valence-corrected chi connectivity index (χ4v) is 3.96. The summed E-state index contributed by atoms with van der Waals surface area (Å²) in [4.78, 5) is 2.03. The van der Waals surface area contributed by atoms with Crippen LogP contribution in [0.25, 0.3) is 16.3 Å². The topological polar surface area (TPSA) is 16.4 Å². The maximum absolute atomic E-state index is 13.4. The van der Waals surface area contributed by atoms with Crippen molar-refractivity contribution in [3.63, 3.8) is 0 Å². The Morgan fingerprint density at radius 2 is 2.00 bits per heavy atom. The molecule has 134 valence electrons. The van der Waals surface area contributed by atoms with Crippen LogP contribution in [0.4, 0.5) is 10.1 Å². The number of hydrogen-bond acceptors (Lipinski definition) is 3. The Morgan fingerprint density at radius 1 is 1.19 bits per heavy atom. The third kappa shape index (κ3) is 3.20. The van der Waals surface area contributed by atoms with Gasteiger partial charge in [-0.25, -0.2) is 4.39 Å². The number of nitrogens with zero attached hydrogens (tertiary/aromatic N) is 2. The van der Waals surface area contributed by atoms with Crippen molar-refractivity contribution in [2.45, 2.75) is 6.92 Å². The van der Waals surface area contributed by atoms with E-state index >= 15 is 0 Å². The molecular formula is C20H18ClFN2OS. The summed E-state index contributed by atoms with van der Waals surface area (Å²) in [5.41, 5.74) is 3.17. The first-order valence-electron chi connectivity index (χ1n) is 8.01. The molecule has 0 fully saturated rings. The lowest BCUT2D eigenvalue weighted by Crippen LogP contribution is -3.00. The first-order valence-corrected chi connectivity index (χ1v) is 8.83. The Morgan fingerprint density at radius 3 is 2.81 bits per heavy atom. The van der Waals surface area contributed by atoms with Gasteiger partial charge in [0.2, 0.25) is 5.52 Å². The number of allylic oxidation sites excluding steroid dienone is 2. The summed E-state index contributed by atoms with van der Waals surface area (Å²) < 4.78 is 22.4. The number of hydrogen-bond donors (Lipinski definition) is 0. The Hall–Kier alpha value is -2.37. The summed E-state index contributed by atoms with van der Waals surface area (Å²) in [7, 11) is 3.94. The Balaban J connectivity index is 0.00000196. The molecule has 0 atom stereocenters. The van der Waals surface area contributed by atoms with Gasteiger partial charge in [-0.1, -0.05) is 17.4 Å². The SMILES string of the molecule is Cc1ccc2c(c1)N(C)/C(=C/C=C/c1sc3ccc(F)cc3[n+]1C)O2.[Cl-]. The molecule has 0 spiro atoms. The summed E-state index contributed by atoms with van der Waals surface area (Å²) in [6.45, 7) is 2.07. The summed E-state index contributed by atoms with van der Waals surface area (Å²) in [5.74, 6) is 1.44. The minimum Gasteiger partial charge on any atom is -1.00 e. The molecule has 0 bridgehead atoms. The number of aromatic nitrogens is 1. The zero-order valence-electron chi connectivity index (χ0n) is 14.7. The van der Waals surface area contributed by atoms with Gasteiger partial charge >= 0.3 is 0 Å². The zero-order chi connectivity index (χ0) is 17.6. The quantitative estimate of drug-likeness (QED) is 0.619. The molecule has 1 aliphatic rings. The molecule has 3 aromatic rings. The van der Waals surface area contributed by atoms with E-state index in [0.29, 0.717) is 0 Å². The normalized spacial score (nSPS) is 14.8. The van der Waals surface area contributed by atoms with Crippen LogP contribution < -0.4 is 26.6 Å². The first-order chi connectivity index (χ1) is 12.0. The van der Waals surface area contributed by atoms with E-state index in [-0.39, 0.29) is 18.2 Å². The average Bonchev–Trinajstić information content (AvgIpc) is 3.06. The Labute approximate surface area is 162 Å².